The molecule has 3 rings (SSSR count). The zero-order valence-corrected chi connectivity index (χ0v) is 18.4. The van der Waals surface area contributed by atoms with Crippen LogP contribution in [0.3, 0.4) is 0 Å². The molecule has 2 aromatic carbocycles. The fraction of sp³-hybridized carbons (Fsp3) is 0.360. The smallest absolute Gasteiger partial charge is 0.183 e. The predicted octanol–water partition coefficient (Wildman–Crippen LogP) is 4.23. The predicted molar refractivity (Wildman–Crippen MR) is 122 cm³/mol. The topological polar surface area (TPSA) is 62.6 Å². The van der Waals surface area contributed by atoms with Gasteiger partial charge in [0.25, 0.3) is 0 Å². The standard InChI is InChI=1S/C25H31NO4/c1-17(20-7-6-12-25(2,27)15-20)26-16-18-8-10-22(28-3)21(13-18)19-9-11-23(29-4)24(14-19)30-5/h6-11,13-15,17,26-27H,12,16H2,1-5H3/p+1/t17-,25?/m1/s1. The van der Waals surface area contributed by atoms with Gasteiger partial charge < -0.3 is 24.6 Å². The van der Waals surface area contributed by atoms with Gasteiger partial charge in [0.05, 0.1) is 21.3 Å². The molecule has 1 aliphatic carbocycles. The van der Waals surface area contributed by atoms with Crippen molar-refractivity contribution < 1.29 is 19.3 Å². The second-order valence-electron chi connectivity index (χ2n) is 7.88. The normalized spacial score (nSPS) is 19.2. The van der Waals surface area contributed by atoms with Crippen molar-refractivity contribution >= 4 is 0 Å². The number of methoxy groups -OCH3 is 3. The van der Waals surface area contributed by atoms with Crippen LogP contribution in [0.4, 0.5) is 0 Å². The molecule has 0 saturated carbocycles. The van der Waals surface area contributed by atoms with Gasteiger partial charge in [0, 0.05) is 37.6 Å². The summed E-state index contributed by atoms with van der Waals surface area (Å²) in [5.74, 6) is 2.19. The summed E-state index contributed by atoms with van der Waals surface area (Å²) in [4.78, 5) is 0. The van der Waals surface area contributed by atoms with Crippen LogP contribution in [0.1, 0.15) is 25.8 Å². The molecule has 5 nitrogen and oxygen atoms in total. The molecular weight excluding hydrogens is 378 g/mol. The molecule has 0 aromatic heterocycles. The number of benzene rings is 2. The highest BCUT2D eigenvalue weighted by Crippen LogP contribution is 2.37. The number of rotatable bonds is 8. The van der Waals surface area contributed by atoms with Gasteiger partial charge in [-0.1, -0.05) is 24.3 Å². The molecule has 30 heavy (non-hydrogen) atoms. The summed E-state index contributed by atoms with van der Waals surface area (Å²) in [6.45, 7) is 4.80. The van der Waals surface area contributed by atoms with E-state index in [2.05, 4.69) is 36.5 Å². The molecule has 5 heteroatoms. The summed E-state index contributed by atoms with van der Waals surface area (Å²) in [6.07, 6.45) is 7.02. The van der Waals surface area contributed by atoms with Crippen molar-refractivity contribution in [3.05, 3.63) is 65.8 Å². The van der Waals surface area contributed by atoms with Crippen molar-refractivity contribution in [3.8, 4) is 28.4 Å². The molecule has 160 valence electrons. The zero-order chi connectivity index (χ0) is 21.7. The van der Waals surface area contributed by atoms with E-state index in [9.17, 15) is 0 Å². The lowest BCUT2D eigenvalue weighted by Crippen LogP contribution is -2.31. The first-order chi connectivity index (χ1) is 14.4. The van der Waals surface area contributed by atoms with E-state index < -0.39 is 5.60 Å². The van der Waals surface area contributed by atoms with Crippen LogP contribution in [0, 0.1) is 0 Å². The summed E-state index contributed by atoms with van der Waals surface area (Å²) < 4.78 is 16.4. The van der Waals surface area contributed by atoms with Gasteiger partial charge in [-0.15, -0.1) is 0 Å². The second kappa shape index (κ2) is 9.37. The van der Waals surface area contributed by atoms with Gasteiger partial charge in [-0.05, 0) is 47.9 Å². The van der Waals surface area contributed by atoms with E-state index >= 15 is 0 Å². The van der Waals surface area contributed by atoms with Crippen molar-refractivity contribution in [2.24, 2.45) is 0 Å². The van der Waals surface area contributed by atoms with E-state index in [4.69, 9.17) is 19.3 Å². The Hall–Kier alpha value is -2.76. The Morgan fingerprint density at radius 3 is 2.37 bits per heavy atom. The molecule has 0 aliphatic heterocycles. The van der Waals surface area contributed by atoms with Gasteiger partial charge in [0.15, 0.2) is 17.1 Å². The van der Waals surface area contributed by atoms with Gasteiger partial charge in [0.1, 0.15) is 5.75 Å². The molecule has 1 aliphatic rings. The van der Waals surface area contributed by atoms with Crippen LogP contribution >= 0.6 is 0 Å². The van der Waals surface area contributed by atoms with Crippen LogP contribution in [0.2, 0.25) is 0 Å². The highest BCUT2D eigenvalue weighted by molar-refractivity contribution is 5.73. The summed E-state index contributed by atoms with van der Waals surface area (Å²) in [5.41, 5.74) is 3.79. The van der Waals surface area contributed by atoms with E-state index in [1.807, 2.05) is 37.3 Å². The summed E-state index contributed by atoms with van der Waals surface area (Å²) in [7, 11) is 4.95. The SMILES string of the molecule is COc1ccc(-c2cc(CN[C@H](C)C3=CC(C)([OH2+])CC=C3)ccc2OC)cc1OC. The van der Waals surface area contributed by atoms with Gasteiger partial charge in [0.2, 0.25) is 0 Å². The lowest BCUT2D eigenvalue weighted by atomic mass is 9.90. The molecule has 0 amide bonds. The Kier molecular flexibility index (Phi) is 6.85. The van der Waals surface area contributed by atoms with Crippen molar-refractivity contribution in [2.75, 3.05) is 21.3 Å². The quantitative estimate of drug-likeness (QED) is 0.662. The maximum atomic E-state index is 8.29. The van der Waals surface area contributed by atoms with Crippen LogP contribution in [0.15, 0.2) is 60.2 Å². The molecule has 0 radical (unpaired) electrons. The third kappa shape index (κ3) is 5.04. The van der Waals surface area contributed by atoms with Crippen LogP contribution in [-0.2, 0) is 6.54 Å². The molecule has 1 unspecified atom stereocenters. The third-order valence-corrected chi connectivity index (χ3v) is 5.41. The van der Waals surface area contributed by atoms with Gasteiger partial charge in [-0.3, -0.25) is 0 Å². The van der Waals surface area contributed by atoms with Gasteiger partial charge in [-0.25, -0.2) is 0 Å². The molecule has 0 saturated heterocycles. The molecule has 0 bridgehead atoms. The maximum Gasteiger partial charge on any atom is 0.183 e. The lowest BCUT2D eigenvalue weighted by molar-refractivity contribution is 0.112. The molecule has 3 N–H and O–H groups in total. The molecule has 0 fully saturated rings. The van der Waals surface area contributed by atoms with E-state index in [0.29, 0.717) is 18.0 Å². The van der Waals surface area contributed by atoms with Crippen molar-refractivity contribution in [3.63, 3.8) is 0 Å². The van der Waals surface area contributed by atoms with Gasteiger partial charge in [-0.2, -0.15) is 0 Å². The van der Waals surface area contributed by atoms with E-state index in [1.165, 1.54) is 0 Å². The Balaban J connectivity index is 1.81. The fourth-order valence-corrected chi connectivity index (χ4v) is 3.67. The average Bonchev–Trinajstić information content (AvgIpc) is 2.76. The maximum absolute atomic E-state index is 8.29. The molecule has 2 aromatic rings. The Labute approximate surface area is 179 Å². The van der Waals surface area contributed by atoms with Crippen molar-refractivity contribution in [1.82, 2.24) is 5.32 Å². The zero-order valence-electron chi connectivity index (χ0n) is 18.4. The number of ether oxygens (including phenoxy) is 3. The largest absolute Gasteiger partial charge is 0.496 e. The molecule has 0 spiro atoms. The van der Waals surface area contributed by atoms with Crippen LogP contribution < -0.4 is 19.5 Å². The monoisotopic (exact) mass is 410 g/mol. The van der Waals surface area contributed by atoms with E-state index in [0.717, 1.165) is 34.4 Å². The van der Waals surface area contributed by atoms with Crippen molar-refractivity contribution in [1.29, 1.82) is 0 Å². The van der Waals surface area contributed by atoms with Crippen LogP contribution in [0.25, 0.3) is 11.1 Å². The minimum Gasteiger partial charge on any atom is -0.496 e. The highest BCUT2D eigenvalue weighted by Gasteiger charge is 2.25. The fourth-order valence-electron chi connectivity index (χ4n) is 3.67. The van der Waals surface area contributed by atoms with Crippen molar-refractivity contribution in [2.45, 2.75) is 38.5 Å². The van der Waals surface area contributed by atoms with E-state index in [1.54, 1.807) is 21.3 Å². The Morgan fingerprint density at radius 1 is 1.00 bits per heavy atom. The average molecular weight is 411 g/mol. The summed E-state index contributed by atoms with van der Waals surface area (Å²) in [6, 6.07) is 12.2. The van der Waals surface area contributed by atoms with Gasteiger partial charge >= 0.3 is 0 Å². The Bertz CT molecular complexity index is 946. The summed E-state index contributed by atoms with van der Waals surface area (Å²) in [5, 5.41) is 11.9. The molecule has 2 atom stereocenters. The molecular formula is C25H32NO4+. The number of nitrogens with one attached hydrogen (secondary N) is 1. The lowest BCUT2D eigenvalue weighted by Gasteiger charge is -2.23. The minimum atomic E-state index is -0.527. The first-order valence-electron chi connectivity index (χ1n) is 10.1. The minimum absolute atomic E-state index is 0.165. The third-order valence-electron chi connectivity index (χ3n) is 5.41. The first kappa shape index (κ1) is 21.9. The first-order valence-corrected chi connectivity index (χ1v) is 10.1. The summed E-state index contributed by atoms with van der Waals surface area (Å²) >= 11 is 0. The number of hydrogen-bond acceptors (Lipinski definition) is 4. The van der Waals surface area contributed by atoms with Crippen LogP contribution in [0.5, 0.6) is 17.2 Å². The van der Waals surface area contributed by atoms with Crippen LogP contribution in [-0.4, -0.2) is 38.1 Å². The molecule has 0 heterocycles. The van der Waals surface area contributed by atoms with E-state index in [-0.39, 0.29) is 6.04 Å². The number of hydrogen-bond donors (Lipinski definition) is 1. The Morgan fingerprint density at radius 2 is 1.70 bits per heavy atom. The highest BCUT2D eigenvalue weighted by atomic mass is 16.5. The second-order valence-corrected chi connectivity index (χ2v) is 7.88.